The number of hydrogen-bond acceptors (Lipinski definition) is 7. The van der Waals surface area contributed by atoms with Gasteiger partial charge in [0, 0.05) is 6.04 Å². The molecule has 1 aliphatic heterocycles. The minimum absolute atomic E-state index is 0.171. The Bertz CT molecular complexity index is 1100. The van der Waals surface area contributed by atoms with E-state index in [0.717, 1.165) is 29.8 Å². The molecule has 3 rings (SSSR count). The number of hydrogen-bond donors (Lipinski definition) is 1. The number of ether oxygens (including phenoxy) is 1. The number of carbonyl (C=O) groups excluding carboxylic acids is 1. The molecule has 30 heavy (non-hydrogen) atoms. The number of halogens is 1. The van der Waals surface area contributed by atoms with Gasteiger partial charge in [-0.15, -0.1) is 0 Å². The van der Waals surface area contributed by atoms with Crippen molar-refractivity contribution >= 4 is 25.6 Å². The van der Waals surface area contributed by atoms with Gasteiger partial charge in [0.2, 0.25) is 0 Å². The van der Waals surface area contributed by atoms with E-state index >= 15 is 0 Å². The standard InChI is InChI=1S/C20H22FNO6S2/c1-28-20(23)17(11-14-5-3-2-4-6-14)22-18-12-29(24,25)13-19(18)30(26,27)16-9-7-15(21)8-10-16/h2-10,17-19,22H,11-13H2,1H3/t17-,18-,19-/m0/s1. The van der Waals surface area contributed by atoms with Gasteiger partial charge in [-0.1, -0.05) is 30.3 Å². The van der Waals surface area contributed by atoms with E-state index in [-0.39, 0.29) is 11.3 Å². The van der Waals surface area contributed by atoms with Crippen molar-refractivity contribution in [2.75, 3.05) is 18.6 Å². The maximum atomic E-state index is 13.2. The molecule has 2 aromatic rings. The zero-order valence-electron chi connectivity index (χ0n) is 16.2. The number of esters is 1. The molecule has 0 aliphatic carbocycles. The minimum Gasteiger partial charge on any atom is -0.468 e. The molecule has 1 saturated heterocycles. The van der Waals surface area contributed by atoms with Gasteiger partial charge in [0.05, 0.1) is 28.8 Å². The van der Waals surface area contributed by atoms with Gasteiger partial charge in [0.25, 0.3) is 0 Å². The molecule has 0 spiro atoms. The fourth-order valence-electron chi connectivity index (χ4n) is 3.54. The van der Waals surface area contributed by atoms with Crippen LogP contribution in [0.25, 0.3) is 0 Å². The predicted octanol–water partition coefficient (Wildman–Crippen LogP) is 1.14. The van der Waals surface area contributed by atoms with Gasteiger partial charge >= 0.3 is 5.97 Å². The van der Waals surface area contributed by atoms with Crippen molar-refractivity contribution in [3.05, 3.63) is 66.0 Å². The Balaban J connectivity index is 1.90. The van der Waals surface area contributed by atoms with Crippen LogP contribution in [0.3, 0.4) is 0 Å². The molecule has 7 nitrogen and oxygen atoms in total. The second kappa shape index (κ2) is 8.83. The lowest BCUT2D eigenvalue weighted by molar-refractivity contribution is -0.143. The first kappa shape index (κ1) is 22.4. The monoisotopic (exact) mass is 455 g/mol. The summed E-state index contributed by atoms with van der Waals surface area (Å²) < 4.78 is 68.8. The quantitative estimate of drug-likeness (QED) is 0.493. The smallest absolute Gasteiger partial charge is 0.323 e. The molecule has 0 radical (unpaired) electrons. The molecule has 3 atom stereocenters. The lowest BCUT2D eigenvalue weighted by atomic mass is 10.0. The number of carbonyl (C=O) groups is 1. The molecule has 2 aromatic carbocycles. The van der Waals surface area contributed by atoms with E-state index in [1.54, 1.807) is 24.3 Å². The Hall–Kier alpha value is -2.30. The third-order valence-corrected chi connectivity index (χ3v) is 9.19. The number of nitrogens with one attached hydrogen (secondary N) is 1. The Labute approximate surface area is 175 Å². The summed E-state index contributed by atoms with van der Waals surface area (Å²) in [5.74, 6) is -2.23. The maximum absolute atomic E-state index is 13.2. The van der Waals surface area contributed by atoms with Crippen LogP contribution in [-0.2, 0) is 35.6 Å². The molecule has 1 aliphatic rings. The van der Waals surface area contributed by atoms with Crippen LogP contribution >= 0.6 is 0 Å². The molecular weight excluding hydrogens is 433 g/mol. The van der Waals surface area contributed by atoms with Gasteiger partial charge in [-0.2, -0.15) is 0 Å². The highest BCUT2D eigenvalue weighted by molar-refractivity contribution is 7.96. The summed E-state index contributed by atoms with van der Waals surface area (Å²) in [7, 11) is -6.54. The summed E-state index contributed by atoms with van der Waals surface area (Å²) in [5.41, 5.74) is 0.805. The van der Waals surface area contributed by atoms with Crippen LogP contribution < -0.4 is 5.32 Å². The Morgan fingerprint density at radius 2 is 1.77 bits per heavy atom. The van der Waals surface area contributed by atoms with Gasteiger partial charge in [0.15, 0.2) is 19.7 Å². The zero-order valence-corrected chi connectivity index (χ0v) is 17.8. The first-order chi connectivity index (χ1) is 14.1. The van der Waals surface area contributed by atoms with Crippen molar-refractivity contribution in [1.82, 2.24) is 5.32 Å². The van der Waals surface area contributed by atoms with Crippen LogP contribution in [0.1, 0.15) is 5.56 Å². The van der Waals surface area contributed by atoms with Gasteiger partial charge in [-0.3, -0.25) is 10.1 Å². The Morgan fingerprint density at radius 3 is 2.37 bits per heavy atom. The second-order valence-electron chi connectivity index (χ2n) is 7.15. The maximum Gasteiger partial charge on any atom is 0.323 e. The third-order valence-electron chi connectivity index (χ3n) is 5.02. The van der Waals surface area contributed by atoms with E-state index in [9.17, 15) is 26.0 Å². The summed E-state index contributed by atoms with van der Waals surface area (Å²) in [5, 5.41) is 1.59. The van der Waals surface area contributed by atoms with E-state index in [0.29, 0.717) is 0 Å². The van der Waals surface area contributed by atoms with E-state index in [1.165, 1.54) is 7.11 Å². The molecule has 1 heterocycles. The molecule has 10 heteroatoms. The van der Waals surface area contributed by atoms with Crippen molar-refractivity contribution in [3.63, 3.8) is 0 Å². The van der Waals surface area contributed by atoms with Crippen molar-refractivity contribution in [3.8, 4) is 0 Å². The van der Waals surface area contributed by atoms with Crippen molar-refractivity contribution in [2.45, 2.75) is 28.6 Å². The molecule has 1 N–H and O–H groups in total. The van der Waals surface area contributed by atoms with Crippen molar-refractivity contribution in [1.29, 1.82) is 0 Å². The van der Waals surface area contributed by atoms with Crippen LogP contribution in [-0.4, -0.2) is 58.8 Å². The molecule has 0 unspecified atom stereocenters. The van der Waals surface area contributed by atoms with Crippen LogP contribution in [0.2, 0.25) is 0 Å². The molecule has 0 saturated carbocycles. The fraction of sp³-hybridized carbons (Fsp3) is 0.350. The van der Waals surface area contributed by atoms with E-state index < -0.39 is 60.3 Å². The van der Waals surface area contributed by atoms with Gasteiger partial charge in [-0.25, -0.2) is 21.2 Å². The predicted molar refractivity (Wildman–Crippen MR) is 109 cm³/mol. The van der Waals surface area contributed by atoms with Crippen LogP contribution in [0, 0.1) is 5.82 Å². The summed E-state index contributed by atoms with van der Waals surface area (Å²) in [6.45, 7) is 0. The molecule has 0 bridgehead atoms. The third kappa shape index (κ3) is 5.05. The topological polar surface area (TPSA) is 107 Å². The second-order valence-corrected chi connectivity index (χ2v) is 11.5. The number of benzene rings is 2. The number of sulfone groups is 2. The summed E-state index contributed by atoms with van der Waals surface area (Å²) in [4.78, 5) is 12.1. The molecule has 1 fully saturated rings. The van der Waals surface area contributed by atoms with E-state index in [1.807, 2.05) is 6.07 Å². The highest BCUT2D eigenvalue weighted by Crippen LogP contribution is 2.27. The highest BCUT2D eigenvalue weighted by Gasteiger charge is 2.47. The Kier molecular flexibility index (Phi) is 6.59. The first-order valence-electron chi connectivity index (χ1n) is 9.20. The molecule has 0 aromatic heterocycles. The van der Waals surface area contributed by atoms with Crippen molar-refractivity contribution < 1.29 is 30.8 Å². The normalized spacial score (nSPS) is 21.8. The lowest BCUT2D eigenvalue weighted by Crippen LogP contribution is -2.51. The largest absolute Gasteiger partial charge is 0.468 e. The van der Waals surface area contributed by atoms with Gasteiger partial charge < -0.3 is 4.74 Å². The summed E-state index contributed by atoms with van der Waals surface area (Å²) in [6, 6.07) is 11.3. The average Bonchev–Trinajstić information content (AvgIpc) is 3.03. The van der Waals surface area contributed by atoms with Gasteiger partial charge in [0.1, 0.15) is 11.9 Å². The molecule has 162 valence electrons. The van der Waals surface area contributed by atoms with E-state index in [4.69, 9.17) is 4.74 Å². The van der Waals surface area contributed by atoms with Gasteiger partial charge in [-0.05, 0) is 36.2 Å². The summed E-state index contributed by atoms with van der Waals surface area (Å²) >= 11 is 0. The highest BCUT2D eigenvalue weighted by atomic mass is 32.2. The minimum atomic E-state index is -4.09. The number of methoxy groups -OCH3 is 1. The molecular formula is C20H22FNO6S2. The van der Waals surface area contributed by atoms with Crippen LogP contribution in [0.4, 0.5) is 4.39 Å². The zero-order chi connectivity index (χ0) is 21.9. The number of rotatable bonds is 7. The molecule has 0 amide bonds. The first-order valence-corrected chi connectivity index (χ1v) is 12.6. The van der Waals surface area contributed by atoms with Crippen molar-refractivity contribution in [2.24, 2.45) is 0 Å². The summed E-state index contributed by atoms with van der Waals surface area (Å²) in [6.07, 6.45) is 0.202. The lowest BCUT2D eigenvalue weighted by Gasteiger charge is -2.25. The van der Waals surface area contributed by atoms with Crippen LogP contribution in [0.15, 0.2) is 59.5 Å². The van der Waals surface area contributed by atoms with Crippen LogP contribution in [0.5, 0.6) is 0 Å². The SMILES string of the molecule is COC(=O)[C@H](Cc1ccccc1)N[C@H]1CS(=O)(=O)C[C@@H]1S(=O)(=O)c1ccc(F)cc1. The fourth-order valence-corrected chi connectivity index (χ4v) is 8.21. The van der Waals surface area contributed by atoms with E-state index in [2.05, 4.69) is 5.32 Å². The average molecular weight is 456 g/mol. The Morgan fingerprint density at radius 1 is 1.13 bits per heavy atom.